The second-order valence-corrected chi connectivity index (χ2v) is 7.36. The lowest BCUT2D eigenvalue weighted by atomic mass is 10.1. The van der Waals surface area contributed by atoms with E-state index in [4.69, 9.17) is 9.47 Å². The maximum atomic E-state index is 12.4. The molecule has 2 aromatic carbocycles. The van der Waals surface area contributed by atoms with Gasteiger partial charge in [0.15, 0.2) is 0 Å². The number of rotatable bonds is 6. The van der Waals surface area contributed by atoms with Gasteiger partial charge in [0, 0.05) is 13.2 Å². The van der Waals surface area contributed by atoms with Gasteiger partial charge in [-0.15, -0.1) is 0 Å². The van der Waals surface area contributed by atoms with Crippen LogP contribution in [0.4, 0.5) is 0 Å². The molecular formula is C17H21NO4S. The molecule has 1 heterocycles. The first-order chi connectivity index (χ1) is 11.1. The molecule has 0 bridgehead atoms. The summed E-state index contributed by atoms with van der Waals surface area (Å²) in [6.45, 7) is 3.57. The van der Waals surface area contributed by atoms with Crippen molar-refractivity contribution in [2.75, 3.05) is 19.8 Å². The minimum Gasteiger partial charge on any atom is -0.494 e. The molecule has 1 N–H and O–H groups in total. The number of fused-ring (bicyclic) bond motifs is 1. The zero-order valence-corrected chi connectivity index (χ0v) is 13.9. The van der Waals surface area contributed by atoms with Gasteiger partial charge in [-0.2, -0.15) is 0 Å². The normalized spacial score (nSPS) is 18.4. The third-order valence-electron chi connectivity index (χ3n) is 3.93. The number of hydrogen-bond donors (Lipinski definition) is 1. The first-order valence-corrected chi connectivity index (χ1v) is 9.35. The monoisotopic (exact) mass is 335 g/mol. The van der Waals surface area contributed by atoms with E-state index in [-0.39, 0.29) is 11.0 Å². The van der Waals surface area contributed by atoms with E-state index in [1.807, 2.05) is 25.1 Å². The molecular weight excluding hydrogens is 314 g/mol. The van der Waals surface area contributed by atoms with E-state index in [2.05, 4.69) is 4.72 Å². The molecule has 0 radical (unpaired) electrons. The minimum atomic E-state index is -3.52. The molecule has 0 spiro atoms. The number of sulfonamides is 1. The van der Waals surface area contributed by atoms with E-state index in [1.54, 1.807) is 18.2 Å². The lowest BCUT2D eigenvalue weighted by molar-refractivity contribution is 0.114. The van der Waals surface area contributed by atoms with Gasteiger partial charge in [0.25, 0.3) is 0 Å². The van der Waals surface area contributed by atoms with Crippen molar-refractivity contribution in [3.05, 3.63) is 36.4 Å². The zero-order chi connectivity index (χ0) is 16.3. The number of hydrogen-bond acceptors (Lipinski definition) is 4. The van der Waals surface area contributed by atoms with E-state index in [1.165, 1.54) is 0 Å². The molecule has 1 aliphatic rings. The second-order valence-electron chi connectivity index (χ2n) is 5.59. The van der Waals surface area contributed by atoms with Crippen molar-refractivity contribution in [2.24, 2.45) is 0 Å². The summed E-state index contributed by atoms with van der Waals surface area (Å²) in [5, 5.41) is 1.82. The summed E-state index contributed by atoms with van der Waals surface area (Å²) in [6.07, 6.45) is 1.88. The quantitative estimate of drug-likeness (QED) is 0.881. The Bertz CT molecular complexity index is 782. The largest absolute Gasteiger partial charge is 0.494 e. The number of ether oxygens (including phenoxy) is 2. The van der Waals surface area contributed by atoms with Crippen LogP contribution in [0.15, 0.2) is 41.3 Å². The maximum absolute atomic E-state index is 12.4. The highest BCUT2D eigenvalue weighted by atomic mass is 32.2. The molecule has 0 aromatic heterocycles. The van der Waals surface area contributed by atoms with Crippen LogP contribution in [-0.4, -0.2) is 34.3 Å². The molecule has 0 amide bonds. The maximum Gasteiger partial charge on any atom is 0.240 e. The number of benzene rings is 2. The second kappa shape index (κ2) is 6.86. The fraction of sp³-hybridized carbons (Fsp3) is 0.412. The third-order valence-corrected chi connectivity index (χ3v) is 5.35. The highest BCUT2D eigenvalue weighted by Gasteiger charge is 2.20. The molecule has 1 fully saturated rings. The van der Waals surface area contributed by atoms with E-state index in [0.29, 0.717) is 19.8 Å². The van der Waals surface area contributed by atoms with Crippen molar-refractivity contribution in [1.82, 2.24) is 4.72 Å². The van der Waals surface area contributed by atoms with Crippen molar-refractivity contribution in [2.45, 2.75) is 30.8 Å². The van der Waals surface area contributed by atoms with Crippen molar-refractivity contribution in [3.8, 4) is 5.75 Å². The average Bonchev–Trinajstić information content (AvgIpc) is 3.06. The summed E-state index contributed by atoms with van der Waals surface area (Å²) in [5.74, 6) is 0.784. The van der Waals surface area contributed by atoms with Gasteiger partial charge >= 0.3 is 0 Å². The smallest absolute Gasteiger partial charge is 0.240 e. The molecule has 124 valence electrons. The van der Waals surface area contributed by atoms with E-state index in [0.717, 1.165) is 29.4 Å². The van der Waals surface area contributed by atoms with Crippen LogP contribution in [-0.2, 0) is 14.8 Å². The molecule has 0 aliphatic carbocycles. The Morgan fingerprint density at radius 3 is 2.74 bits per heavy atom. The first-order valence-electron chi connectivity index (χ1n) is 7.86. The van der Waals surface area contributed by atoms with Gasteiger partial charge in [-0.1, -0.05) is 12.1 Å². The van der Waals surface area contributed by atoms with Gasteiger partial charge in [0.2, 0.25) is 10.0 Å². The van der Waals surface area contributed by atoms with Crippen LogP contribution in [0.3, 0.4) is 0 Å². The zero-order valence-electron chi connectivity index (χ0n) is 13.1. The molecule has 1 atom stereocenters. The summed E-state index contributed by atoms with van der Waals surface area (Å²) in [4.78, 5) is 0.271. The van der Waals surface area contributed by atoms with Crippen LogP contribution >= 0.6 is 0 Å². The highest BCUT2D eigenvalue weighted by Crippen LogP contribution is 2.24. The van der Waals surface area contributed by atoms with Gasteiger partial charge in [-0.3, -0.25) is 0 Å². The minimum absolute atomic E-state index is 0.0148. The summed E-state index contributed by atoms with van der Waals surface area (Å²) in [6, 6.07) is 10.7. The van der Waals surface area contributed by atoms with Gasteiger partial charge < -0.3 is 9.47 Å². The Morgan fingerprint density at radius 1 is 1.22 bits per heavy atom. The van der Waals surface area contributed by atoms with Crippen LogP contribution in [0.1, 0.15) is 19.8 Å². The van der Waals surface area contributed by atoms with E-state index in [9.17, 15) is 8.42 Å². The third kappa shape index (κ3) is 3.83. The fourth-order valence-corrected chi connectivity index (χ4v) is 3.82. The van der Waals surface area contributed by atoms with E-state index >= 15 is 0 Å². The summed E-state index contributed by atoms with van der Waals surface area (Å²) in [5.41, 5.74) is 0. The molecule has 2 aromatic rings. The first kappa shape index (κ1) is 16.2. The molecule has 0 saturated carbocycles. The summed E-state index contributed by atoms with van der Waals surface area (Å²) >= 11 is 0. The van der Waals surface area contributed by atoms with E-state index < -0.39 is 10.0 Å². The summed E-state index contributed by atoms with van der Waals surface area (Å²) < 4.78 is 38.4. The van der Waals surface area contributed by atoms with Crippen molar-refractivity contribution >= 4 is 20.8 Å². The Labute approximate surface area is 136 Å². The Morgan fingerprint density at radius 2 is 2.00 bits per heavy atom. The van der Waals surface area contributed by atoms with Crippen LogP contribution in [0.5, 0.6) is 5.75 Å². The molecule has 1 saturated heterocycles. The van der Waals surface area contributed by atoms with Crippen LogP contribution < -0.4 is 9.46 Å². The topological polar surface area (TPSA) is 64.6 Å². The predicted octanol–water partition coefficient (Wildman–Crippen LogP) is 2.70. The number of nitrogens with one attached hydrogen (secondary N) is 1. The highest BCUT2D eigenvalue weighted by molar-refractivity contribution is 7.89. The molecule has 6 heteroatoms. The molecule has 1 aliphatic heterocycles. The standard InChI is InChI=1S/C17H21NO4S/c1-2-21-15-7-5-14-11-17(8-6-13(14)10-15)23(19,20)18-12-16-4-3-9-22-16/h5-8,10-11,16,18H,2-4,9,12H2,1H3. The molecule has 3 rings (SSSR count). The lowest BCUT2D eigenvalue weighted by Crippen LogP contribution is -2.31. The van der Waals surface area contributed by atoms with Crippen LogP contribution in [0, 0.1) is 0 Å². The van der Waals surface area contributed by atoms with Gasteiger partial charge in [-0.05, 0) is 54.8 Å². The molecule has 23 heavy (non-hydrogen) atoms. The Balaban J connectivity index is 1.79. The average molecular weight is 335 g/mol. The van der Waals surface area contributed by atoms with Crippen molar-refractivity contribution in [3.63, 3.8) is 0 Å². The van der Waals surface area contributed by atoms with Crippen LogP contribution in [0.2, 0.25) is 0 Å². The fourth-order valence-electron chi connectivity index (χ4n) is 2.72. The van der Waals surface area contributed by atoms with Crippen molar-refractivity contribution in [1.29, 1.82) is 0 Å². The summed E-state index contributed by atoms with van der Waals surface area (Å²) in [7, 11) is -3.52. The Hall–Kier alpha value is -1.63. The molecule has 1 unspecified atom stereocenters. The lowest BCUT2D eigenvalue weighted by Gasteiger charge is -2.12. The van der Waals surface area contributed by atoms with Gasteiger partial charge in [0.05, 0.1) is 17.6 Å². The molecule has 5 nitrogen and oxygen atoms in total. The van der Waals surface area contributed by atoms with Crippen LogP contribution in [0.25, 0.3) is 10.8 Å². The Kier molecular flexibility index (Phi) is 4.84. The van der Waals surface area contributed by atoms with Crippen molar-refractivity contribution < 1.29 is 17.9 Å². The van der Waals surface area contributed by atoms with Gasteiger partial charge in [0.1, 0.15) is 5.75 Å². The predicted molar refractivity (Wildman–Crippen MR) is 89.3 cm³/mol. The van der Waals surface area contributed by atoms with Gasteiger partial charge in [-0.25, -0.2) is 13.1 Å². The SMILES string of the molecule is CCOc1ccc2cc(S(=O)(=O)NCC3CCCO3)ccc2c1.